The van der Waals surface area contributed by atoms with E-state index in [1.54, 1.807) is 0 Å². The molecule has 4 N–H and O–H groups in total. The van der Waals surface area contributed by atoms with Crippen molar-refractivity contribution in [3.05, 3.63) is 35.4 Å². The SMILES string of the molecule is NCC(Cc1c(O)cccc1O)=C(F)F. The van der Waals surface area contributed by atoms with Crippen LogP contribution in [0.4, 0.5) is 8.78 Å². The summed E-state index contributed by atoms with van der Waals surface area (Å²) in [5, 5.41) is 18.7. The minimum Gasteiger partial charge on any atom is -0.508 e. The third kappa shape index (κ3) is 2.66. The zero-order valence-corrected chi connectivity index (χ0v) is 7.87. The molecule has 0 saturated heterocycles. The van der Waals surface area contributed by atoms with Crippen molar-refractivity contribution in [2.24, 2.45) is 5.73 Å². The molecule has 0 aliphatic heterocycles. The van der Waals surface area contributed by atoms with Crippen molar-refractivity contribution < 1.29 is 19.0 Å². The molecule has 0 saturated carbocycles. The van der Waals surface area contributed by atoms with E-state index in [0.29, 0.717) is 0 Å². The Hall–Kier alpha value is -1.62. The lowest BCUT2D eigenvalue weighted by molar-refractivity contribution is 0.405. The molecule has 0 aliphatic rings. The predicted octanol–water partition coefficient (Wildman–Crippen LogP) is 1.75. The van der Waals surface area contributed by atoms with Gasteiger partial charge < -0.3 is 15.9 Å². The first-order valence-corrected chi connectivity index (χ1v) is 4.29. The van der Waals surface area contributed by atoms with Crippen molar-refractivity contribution in [3.63, 3.8) is 0 Å². The number of phenolic OH excluding ortho intramolecular Hbond substituents is 2. The number of halogens is 2. The number of rotatable bonds is 3. The number of benzene rings is 1. The lowest BCUT2D eigenvalue weighted by atomic mass is 10.0. The maximum Gasteiger partial charge on any atom is 0.271 e. The number of phenols is 2. The molecule has 1 rings (SSSR count). The highest BCUT2D eigenvalue weighted by molar-refractivity contribution is 5.45. The second kappa shape index (κ2) is 4.75. The van der Waals surface area contributed by atoms with Gasteiger partial charge in [-0.25, -0.2) is 0 Å². The van der Waals surface area contributed by atoms with Gasteiger partial charge in [-0.2, -0.15) is 8.78 Å². The van der Waals surface area contributed by atoms with Gasteiger partial charge >= 0.3 is 0 Å². The van der Waals surface area contributed by atoms with Crippen molar-refractivity contribution in [2.45, 2.75) is 6.42 Å². The van der Waals surface area contributed by atoms with Crippen LogP contribution < -0.4 is 5.73 Å². The molecule has 82 valence electrons. The van der Waals surface area contributed by atoms with Gasteiger partial charge in [-0.15, -0.1) is 0 Å². The summed E-state index contributed by atoms with van der Waals surface area (Å²) in [6.45, 7) is -0.309. The van der Waals surface area contributed by atoms with E-state index in [0.717, 1.165) is 0 Å². The quantitative estimate of drug-likeness (QED) is 0.719. The van der Waals surface area contributed by atoms with Gasteiger partial charge in [-0.3, -0.25) is 0 Å². The van der Waals surface area contributed by atoms with E-state index >= 15 is 0 Å². The Morgan fingerprint density at radius 2 is 1.73 bits per heavy atom. The van der Waals surface area contributed by atoms with E-state index in [1.807, 2.05) is 0 Å². The van der Waals surface area contributed by atoms with E-state index < -0.39 is 6.08 Å². The molecule has 5 heteroatoms. The third-order valence-corrected chi connectivity index (χ3v) is 2.03. The van der Waals surface area contributed by atoms with Gasteiger partial charge in [0.15, 0.2) is 0 Å². The molecule has 0 bridgehead atoms. The Morgan fingerprint density at radius 3 is 2.13 bits per heavy atom. The summed E-state index contributed by atoms with van der Waals surface area (Å²) in [5.74, 6) is -0.440. The van der Waals surface area contributed by atoms with Gasteiger partial charge in [0.1, 0.15) is 11.5 Å². The highest BCUT2D eigenvalue weighted by Gasteiger charge is 2.12. The summed E-state index contributed by atoms with van der Waals surface area (Å²) >= 11 is 0. The van der Waals surface area contributed by atoms with Crippen molar-refractivity contribution in [1.29, 1.82) is 0 Å². The van der Waals surface area contributed by atoms with Crippen LogP contribution in [0, 0.1) is 0 Å². The second-order valence-electron chi connectivity index (χ2n) is 3.02. The van der Waals surface area contributed by atoms with Crippen LogP contribution >= 0.6 is 0 Å². The number of nitrogens with two attached hydrogens (primary N) is 1. The summed E-state index contributed by atoms with van der Waals surface area (Å²) in [5.41, 5.74) is 4.88. The highest BCUT2D eigenvalue weighted by atomic mass is 19.3. The van der Waals surface area contributed by atoms with Crippen molar-refractivity contribution in [1.82, 2.24) is 0 Å². The largest absolute Gasteiger partial charge is 0.508 e. The highest BCUT2D eigenvalue weighted by Crippen LogP contribution is 2.29. The van der Waals surface area contributed by atoms with Crippen LogP contribution in [0.25, 0.3) is 0 Å². The van der Waals surface area contributed by atoms with E-state index in [-0.39, 0.29) is 35.6 Å². The van der Waals surface area contributed by atoms with Crippen LogP contribution in [-0.2, 0) is 6.42 Å². The molecule has 0 radical (unpaired) electrons. The van der Waals surface area contributed by atoms with Crippen molar-refractivity contribution in [2.75, 3.05) is 6.54 Å². The fourth-order valence-corrected chi connectivity index (χ4v) is 1.17. The molecular weight excluding hydrogens is 204 g/mol. The summed E-state index contributed by atoms with van der Waals surface area (Å²) in [6.07, 6.45) is -2.13. The van der Waals surface area contributed by atoms with Gasteiger partial charge in [0.2, 0.25) is 0 Å². The molecular formula is C10H11F2NO2. The fourth-order valence-electron chi connectivity index (χ4n) is 1.17. The zero-order chi connectivity index (χ0) is 11.4. The second-order valence-corrected chi connectivity index (χ2v) is 3.02. The summed E-state index contributed by atoms with van der Waals surface area (Å²) < 4.78 is 24.6. The van der Waals surface area contributed by atoms with Crippen LogP contribution in [0.1, 0.15) is 5.56 Å². The Labute approximate surface area is 85.5 Å². The first-order chi connectivity index (χ1) is 7.06. The van der Waals surface area contributed by atoms with Gasteiger partial charge in [-0.1, -0.05) is 6.07 Å². The Kier molecular flexibility index (Phi) is 3.62. The van der Waals surface area contributed by atoms with E-state index in [1.165, 1.54) is 18.2 Å². The summed E-state index contributed by atoms with van der Waals surface area (Å²) in [4.78, 5) is 0. The van der Waals surface area contributed by atoms with Crippen LogP contribution in [0.15, 0.2) is 29.9 Å². The number of hydrogen-bond donors (Lipinski definition) is 3. The Morgan fingerprint density at radius 1 is 1.20 bits per heavy atom. The Balaban J connectivity index is 3.04. The van der Waals surface area contributed by atoms with Gasteiger partial charge in [0.25, 0.3) is 6.08 Å². The normalized spacial score (nSPS) is 10.1. The number of aromatic hydroxyl groups is 2. The molecule has 0 heterocycles. The molecule has 0 aromatic heterocycles. The first kappa shape index (κ1) is 11.5. The standard InChI is InChI=1S/C10H11F2NO2/c11-10(12)6(5-13)4-7-8(14)2-1-3-9(7)15/h1-3,14-15H,4-5,13H2. The van der Waals surface area contributed by atoms with Crippen LogP contribution in [0.3, 0.4) is 0 Å². The maximum atomic E-state index is 12.3. The van der Waals surface area contributed by atoms with Gasteiger partial charge in [0, 0.05) is 24.1 Å². The molecule has 0 spiro atoms. The van der Waals surface area contributed by atoms with E-state index in [9.17, 15) is 19.0 Å². The van der Waals surface area contributed by atoms with Gasteiger partial charge in [-0.05, 0) is 12.1 Å². The molecule has 15 heavy (non-hydrogen) atoms. The van der Waals surface area contributed by atoms with Crippen LogP contribution in [0.5, 0.6) is 11.5 Å². The fraction of sp³-hybridized carbons (Fsp3) is 0.200. The number of hydrogen-bond acceptors (Lipinski definition) is 3. The van der Waals surface area contributed by atoms with Crippen molar-refractivity contribution >= 4 is 0 Å². The van der Waals surface area contributed by atoms with Gasteiger partial charge in [0.05, 0.1) is 0 Å². The average Bonchev–Trinajstić information content (AvgIpc) is 2.17. The molecule has 0 amide bonds. The molecule has 3 nitrogen and oxygen atoms in total. The van der Waals surface area contributed by atoms with Crippen LogP contribution in [-0.4, -0.2) is 16.8 Å². The Bertz CT molecular complexity index is 367. The summed E-state index contributed by atoms with van der Waals surface area (Å²) in [6, 6.07) is 4.06. The molecule has 0 aliphatic carbocycles. The predicted molar refractivity (Wildman–Crippen MR) is 51.8 cm³/mol. The zero-order valence-electron chi connectivity index (χ0n) is 7.87. The lowest BCUT2D eigenvalue weighted by Gasteiger charge is -2.07. The minimum absolute atomic E-state index is 0.0609. The van der Waals surface area contributed by atoms with E-state index in [2.05, 4.69) is 0 Å². The minimum atomic E-state index is -1.87. The molecule has 0 atom stereocenters. The molecule has 0 unspecified atom stereocenters. The van der Waals surface area contributed by atoms with Crippen molar-refractivity contribution in [3.8, 4) is 11.5 Å². The topological polar surface area (TPSA) is 66.5 Å². The third-order valence-electron chi connectivity index (χ3n) is 2.03. The monoisotopic (exact) mass is 215 g/mol. The van der Waals surface area contributed by atoms with E-state index in [4.69, 9.17) is 5.73 Å². The lowest BCUT2D eigenvalue weighted by Crippen LogP contribution is -2.07. The maximum absolute atomic E-state index is 12.3. The molecule has 0 fully saturated rings. The first-order valence-electron chi connectivity index (χ1n) is 4.29. The average molecular weight is 215 g/mol. The van der Waals surface area contributed by atoms with Crippen LogP contribution in [0.2, 0.25) is 0 Å². The smallest absolute Gasteiger partial charge is 0.271 e. The molecule has 1 aromatic rings. The summed E-state index contributed by atoms with van der Waals surface area (Å²) in [7, 11) is 0. The molecule has 1 aromatic carbocycles.